The maximum atomic E-state index is 12.0. The van der Waals surface area contributed by atoms with Crippen molar-refractivity contribution in [2.45, 2.75) is 25.0 Å². The molecule has 4 heterocycles. The van der Waals surface area contributed by atoms with E-state index in [0.717, 1.165) is 48.7 Å². The lowest BCUT2D eigenvalue weighted by Gasteiger charge is -2.51. The predicted octanol–water partition coefficient (Wildman–Crippen LogP) is 3.15. The molecule has 3 saturated heterocycles. The lowest BCUT2D eigenvalue weighted by Crippen LogP contribution is -2.55. The number of para-hydroxylation sites is 1. The molecular formula is C20H24N2O3S. The molecule has 0 spiro atoms. The van der Waals surface area contributed by atoms with Gasteiger partial charge in [0.05, 0.1) is 11.8 Å². The van der Waals surface area contributed by atoms with Crippen LogP contribution in [0.5, 0.6) is 0 Å². The molecule has 3 aliphatic rings. The van der Waals surface area contributed by atoms with E-state index in [-0.39, 0.29) is 6.04 Å². The molecule has 1 aromatic heterocycles. The first kappa shape index (κ1) is 17.6. The Balaban J connectivity index is 1.77. The highest BCUT2D eigenvalue weighted by Crippen LogP contribution is 2.43. The second-order valence-corrected chi connectivity index (χ2v) is 8.99. The van der Waals surface area contributed by atoms with Gasteiger partial charge in [0.15, 0.2) is 0 Å². The minimum absolute atomic E-state index is 0.0467. The highest BCUT2D eigenvalue weighted by atomic mass is 32.2. The molecule has 2 bridgehead atoms. The van der Waals surface area contributed by atoms with Crippen LogP contribution in [-0.4, -0.2) is 43.7 Å². The molecule has 6 heteroatoms. The molecule has 5 atom stereocenters. The number of nitrogens with zero attached hydrogens (tertiary/aromatic N) is 2. The van der Waals surface area contributed by atoms with Crippen molar-refractivity contribution in [2.75, 3.05) is 19.3 Å². The van der Waals surface area contributed by atoms with Crippen molar-refractivity contribution in [3.63, 3.8) is 0 Å². The van der Waals surface area contributed by atoms with Crippen LogP contribution in [0.25, 0.3) is 10.9 Å². The summed E-state index contributed by atoms with van der Waals surface area (Å²) in [6.07, 6.45) is 6.45. The highest BCUT2D eigenvalue weighted by Gasteiger charge is 2.44. The van der Waals surface area contributed by atoms with Crippen LogP contribution in [0.3, 0.4) is 0 Å². The molecule has 138 valence electrons. The van der Waals surface area contributed by atoms with E-state index in [0.29, 0.717) is 11.8 Å². The summed E-state index contributed by atoms with van der Waals surface area (Å²) in [5.74, 6) is 1.02. The van der Waals surface area contributed by atoms with Gasteiger partial charge in [-0.15, -0.1) is 6.58 Å². The summed E-state index contributed by atoms with van der Waals surface area (Å²) in [7, 11) is -3.59. The van der Waals surface area contributed by atoms with Crippen LogP contribution in [-0.2, 0) is 14.3 Å². The maximum Gasteiger partial charge on any atom is 0.265 e. The first-order valence-electron chi connectivity index (χ1n) is 9.05. The standard InChI is InChI=1S/C20H24N2O3S/c1-3-14-13-22-11-9-15(14)12-19(22)20(25-26(2,23)24)17-8-10-21-18-7-5-4-6-16(17)18/h3-8,10,14-15,19-20H,1,9,11-13H2,2H3/t14?,15?,19-,20-/m1/s1. The van der Waals surface area contributed by atoms with E-state index in [9.17, 15) is 8.42 Å². The summed E-state index contributed by atoms with van der Waals surface area (Å²) in [6.45, 7) is 5.87. The van der Waals surface area contributed by atoms with Crippen molar-refractivity contribution in [3.8, 4) is 0 Å². The number of aromatic nitrogens is 1. The minimum atomic E-state index is -3.59. The van der Waals surface area contributed by atoms with Gasteiger partial charge in [-0.1, -0.05) is 24.3 Å². The third-order valence-electron chi connectivity index (χ3n) is 5.77. The Hall–Kier alpha value is -1.76. The Morgan fingerprint density at radius 3 is 2.85 bits per heavy atom. The number of pyridine rings is 1. The first-order chi connectivity index (χ1) is 12.5. The summed E-state index contributed by atoms with van der Waals surface area (Å²) in [5, 5.41) is 0.951. The Bertz CT molecular complexity index is 922. The largest absolute Gasteiger partial charge is 0.297 e. The fraction of sp³-hybridized carbons (Fsp3) is 0.450. The molecule has 0 radical (unpaired) electrons. The Morgan fingerprint density at radius 1 is 1.35 bits per heavy atom. The zero-order chi connectivity index (χ0) is 18.3. The summed E-state index contributed by atoms with van der Waals surface area (Å²) in [4.78, 5) is 6.78. The van der Waals surface area contributed by atoms with E-state index < -0.39 is 16.2 Å². The number of hydrogen-bond donors (Lipinski definition) is 0. The van der Waals surface area contributed by atoms with E-state index in [4.69, 9.17) is 4.18 Å². The van der Waals surface area contributed by atoms with Gasteiger partial charge in [0.25, 0.3) is 10.1 Å². The monoisotopic (exact) mass is 372 g/mol. The van der Waals surface area contributed by atoms with E-state index >= 15 is 0 Å². The van der Waals surface area contributed by atoms with Crippen LogP contribution in [0.4, 0.5) is 0 Å². The molecule has 1 aromatic carbocycles. The average Bonchev–Trinajstić information content (AvgIpc) is 2.65. The molecule has 0 saturated carbocycles. The van der Waals surface area contributed by atoms with Gasteiger partial charge in [0.1, 0.15) is 6.10 Å². The Kier molecular flexibility index (Phi) is 4.59. The van der Waals surface area contributed by atoms with Gasteiger partial charge in [-0.3, -0.25) is 14.1 Å². The summed E-state index contributed by atoms with van der Waals surface area (Å²) in [6, 6.07) is 9.76. The summed E-state index contributed by atoms with van der Waals surface area (Å²) >= 11 is 0. The second kappa shape index (κ2) is 6.76. The molecule has 5 rings (SSSR count). The molecule has 3 fully saturated rings. The van der Waals surface area contributed by atoms with Gasteiger partial charge in [-0.2, -0.15) is 8.42 Å². The van der Waals surface area contributed by atoms with E-state index in [1.165, 1.54) is 0 Å². The van der Waals surface area contributed by atoms with Crippen molar-refractivity contribution < 1.29 is 12.6 Å². The topological polar surface area (TPSA) is 59.5 Å². The van der Waals surface area contributed by atoms with E-state index in [2.05, 4.69) is 16.5 Å². The van der Waals surface area contributed by atoms with Crippen LogP contribution in [0.1, 0.15) is 24.5 Å². The number of rotatable bonds is 5. The second-order valence-electron chi connectivity index (χ2n) is 7.38. The number of benzene rings is 1. The van der Waals surface area contributed by atoms with Crippen molar-refractivity contribution in [1.29, 1.82) is 0 Å². The smallest absolute Gasteiger partial charge is 0.265 e. The van der Waals surface area contributed by atoms with Crippen molar-refractivity contribution >= 4 is 21.0 Å². The van der Waals surface area contributed by atoms with Gasteiger partial charge < -0.3 is 0 Å². The van der Waals surface area contributed by atoms with Crippen LogP contribution in [0.2, 0.25) is 0 Å². The molecule has 5 nitrogen and oxygen atoms in total. The Morgan fingerprint density at radius 2 is 2.15 bits per heavy atom. The van der Waals surface area contributed by atoms with Gasteiger partial charge in [0, 0.05) is 24.2 Å². The molecule has 0 N–H and O–H groups in total. The van der Waals surface area contributed by atoms with Gasteiger partial charge in [-0.05, 0) is 48.9 Å². The quantitative estimate of drug-likeness (QED) is 0.596. The SMILES string of the molecule is C=CC1CN2CCC1C[C@@H]2[C@H](OS(C)(=O)=O)c1ccnc2ccccc12. The maximum absolute atomic E-state index is 12.0. The zero-order valence-electron chi connectivity index (χ0n) is 14.9. The van der Waals surface area contributed by atoms with Crippen molar-refractivity contribution in [3.05, 3.63) is 54.7 Å². The average molecular weight is 372 g/mol. The molecular weight excluding hydrogens is 348 g/mol. The highest BCUT2D eigenvalue weighted by molar-refractivity contribution is 7.86. The summed E-state index contributed by atoms with van der Waals surface area (Å²) < 4.78 is 29.8. The lowest BCUT2D eigenvalue weighted by molar-refractivity contribution is -0.0336. The molecule has 26 heavy (non-hydrogen) atoms. The normalized spacial score (nSPS) is 29.6. The third-order valence-corrected chi connectivity index (χ3v) is 6.33. The minimum Gasteiger partial charge on any atom is -0.297 e. The van der Waals surface area contributed by atoms with Crippen LogP contribution in [0.15, 0.2) is 49.2 Å². The third kappa shape index (κ3) is 3.29. The first-order valence-corrected chi connectivity index (χ1v) is 10.9. The van der Waals surface area contributed by atoms with Crippen molar-refractivity contribution in [2.24, 2.45) is 11.8 Å². The number of piperidine rings is 3. The van der Waals surface area contributed by atoms with E-state index in [1.807, 2.05) is 36.4 Å². The van der Waals surface area contributed by atoms with Gasteiger partial charge in [-0.25, -0.2) is 0 Å². The zero-order valence-corrected chi connectivity index (χ0v) is 15.7. The van der Waals surface area contributed by atoms with Crippen LogP contribution >= 0.6 is 0 Å². The van der Waals surface area contributed by atoms with Gasteiger partial charge >= 0.3 is 0 Å². The Labute approximate surface area is 154 Å². The fourth-order valence-electron chi connectivity index (χ4n) is 4.57. The van der Waals surface area contributed by atoms with Crippen LogP contribution in [0, 0.1) is 11.8 Å². The fourth-order valence-corrected chi connectivity index (χ4v) is 5.18. The van der Waals surface area contributed by atoms with Gasteiger partial charge in [0.2, 0.25) is 0 Å². The molecule has 0 amide bonds. The number of hydrogen-bond acceptors (Lipinski definition) is 5. The lowest BCUT2D eigenvalue weighted by atomic mass is 9.73. The summed E-state index contributed by atoms with van der Waals surface area (Å²) in [5.41, 5.74) is 1.75. The predicted molar refractivity (Wildman–Crippen MR) is 102 cm³/mol. The molecule has 0 aliphatic carbocycles. The molecule has 2 aromatic rings. The molecule has 3 unspecified atom stereocenters. The number of fused-ring (bicyclic) bond motifs is 4. The van der Waals surface area contributed by atoms with Crippen molar-refractivity contribution in [1.82, 2.24) is 9.88 Å². The van der Waals surface area contributed by atoms with Crippen LogP contribution < -0.4 is 0 Å². The molecule has 3 aliphatic heterocycles. The van der Waals surface area contributed by atoms with E-state index in [1.54, 1.807) is 6.20 Å².